The first-order chi connectivity index (χ1) is 16.6. The third-order valence-electron chi connectivity index (χ3n) is 7.15. The van der Waals surface area contributed by atoms with Crippen molar-refractivity contribution >= 4 is 23.2 Å². The van der Waals surface area contributed by atoms with Crippen LogP contribution in [0.3, 0.4) is 0 Å². The van der Waals surface area contributed by atoms with Crippen LogP contribution >= 0.6 is 11.3 Å². The summed E-state index contributed by atoms with van der Waals surface area (Å²) >= 11 is 1.29. The van der Waals surface area contributed by atoms with Gasteiger partial charge in [0.2, 0.25) is 5.01 Å². The van der Waals surface area contributed by atoms with Crippen molar-refractivity contribution in [2.45, 2.75) is 84.6 Å². The van der Waals surface area contributed by atoms with Crippen molar-refractivity contribution in [3.8, 4) is 11.4 Å². The minimum Gasteiger partial charge on any atom is -0.461 e. The fourth-order valence-corrected chi connectivity index (χ4v) is 5.87. The third kappa shape index (κ3) is 5.98. The second-order valence-corrected chi connectivity index (χ2v) is 10.4. The Morgan fingerprint density at radius 1 is 1.21 bits per heavy atom. The zero-order valence-electron chi connectivity index (χ0n) is 20.5. The van der Waals surface area contributed by atoms with Gasteiger partial charge in [0.05, 0.1) is 23.6 Å². The number of allylic oxidation sites excluding steroid dienone is 2. The van der Waals surface area contributed by atoms with Crippen LogP contribution < -0.4 is 5.32 Å². The summed E-state index contributed by atoms with van der Waals surface area (Å²) in [5.41, 5.74) is 4.77. The van der Waals surface area contributed by atoms with Crippen molar-refractivity contribution in [2.24, 2.45) is 5.92 Å². The number of hydrogen-bond donors (Lipinski definition) is 1. The van der Waals surface area contributed by atoms with Gasteiger partial charge in [-0.15, -0.1) is 11.3 Å². The molecule has 2 aromatic rings. The number of nitrogens with one attached hydrogen (secondary N) is 1. The lowest BCUT2D eigenvalue weighted by molar-refractivity contribution is 0.0526. The summed E-state index contributed by atoms with van der Waals surface area (Å²) in [7, 11) is 0. The highest BCUT2D eigenvalue weighted by molar-refractivity contribution is 7.11. The number of carbonyl (C=O) groups is 2. The van der Waals surface area contributed by atoms with Gasteiger partial charge >= 0.3 is 5.97 Å². The number of carbonyl (C=O) groups excluding carboxylic acids is 2. The monoisotopic (exact) mass is 483 g/mol. The molecule has 34 heavy (non-hydrogen) atoms. The highest BCUT2D eigenvalue weighted by atomic mass is 32.1. The van der Waals surface area contributed by atoms with Crippen LogP contribution in [0, 0.1) is 12.8 Å². The van der Waals surface area contributed by atoms with E-state index in [1.165, 1.54) is 61.9 Å². The lowest BCUT2D eigenvalue weighted by atomic mass is 9.89. The lowest BCUT2D eigenvalue weighted by Crippen LogP contribution is -2.30. The van der Waals surface area contributed by atoms with Gasteiger partial charge in [-0.05, 0) is 70.8 Å². The summed E-state index contributed by atoms with van der Waals surface area (Å²) in [4.78, 5) is 29.9. The van der Waals surface area contributed by atoms with E-state index in [4.69, 9.17) is 4.74 Å². The van der Waals surface area contributed by atoms with Gasteiger partial charge in [0.25, 0.3) is 5.91 Å². The standard InChI is InChI=1S/C27H37N3O3S/c1-3-33-27(32)26-29-23(18-34-26)24-16-22(25(31)28-17-21-12-8-5-9-13-21)19(2)30(24)15-14-20-10-6-4-7-11-20/h10,16,18,21H,3-9,11-15,17H2,1-2H3,(H,28,31). The second kappa shape index (κ2) is 11.8. The van der Waals surface area contributed by atoms with Gasteiger partial charge in [-0.1, -0.05) is 30.9 Å². The highest BCUT2D eigenvalue weighted by Crippen LogP contribution is 2.30. The minimum atomic E-state index is -0.397. The summed E-state index contributed by atoms with van der Waals surface area (Å²) in [5, 5.41) is 5.43. The Kier molecular flexibility index (Phi) is 8.59. The van der Waals surface area contributed by atoms with E-state index in [1.54, 1.807) is 6.92 Å². The number of esters is 1. The molecule has 2 aliphatic carbocycles. The van der Waals surface area contributed by atoms with E-state index in [0.717, 1.165) is 49.4 Å². The van der Waals surface area contributed by atoms with Crippen LogP contribution in [-0.2, 0) is 11.3 Å². The predicted molar refractivity (Wildman–Crippen MR) is 136 cm³/mol. The van der Waals surface area contributed by atoms with Crippen molar-refractivity contribution in [1.82, 2.24) is 14.9 Å². The van der Waals surface area contributed by atoms with Gasteiger partial charge in [0.1, 0.15) is 0 Å². The zero-order chi connectivity index (χ0) is 23.9. The zero-order valence-corrected chi connectivity index (χ0v) is 21.3. The van der Waals surface area contributed by atoms with E-state index >= 15 is 0 Å². The molecule has 7 heteroatoms. The Hall–Kier alpha value is -2.41. The molecule has 1 N–H and O–H groups in total. The van der Waals surface area contributed by atoms with Crippen LogP contribution in [0.25, 0.3) is 11.4 Å². The maximum atomic E-state index is 13.2. The average molecular weight is 484 g/mol. The summed E-state index contributed by atoms with van der Waals surface area (Å²) in [6.07, 6.45) is 14.5. The molecule has 0 spiro atoms. The van der Waals surface area contributed by atoms with Crippen molar-refractivity contribution in [3.63, 3.8) is 0 Å². The normalized spacial score (nSPS) is 16.8. The fraction of sp³-hybridized carbons (Fsp3) is 0.593. The molecule has 2 aliphatic rings. The second-order valence-electron chi connectivity index (χ2n) is 9.51. The molecule has 1 fully saturated rings. The quantitative estimate of drug-likeness (QED) is 0.336. The molecule has 4 rings (SSSR count). The maximum Gasteiger partial charge on any atom is 0.367 e. The topological polar surface area (TPSA) is 73.2 Å². The number of rotatable bonds is 9. The van der Waals surface area contributed by atoms with E-state index in [-0.39, 0.29) is 5.91 Å². The van der Waals surface area contributed by atoms with Gasteiger partial charge in [-0.2, -0.15) is 0 Å². The van der Waals surface area contributed by atoms with Crippen LogP contribution in [0.15, 0.2) is 23.1 Å². The molecule has 0 aliphatic heterocycles. The van der Waals surface area contributed by atoms with Crippen molar-refractivity contribution in [2.75, 3.05) is 13.2 Å². The first-order valence-corrected chi connectivity index (χ1v) is 13.7. The van der Waals surface area contributed by atoms with Crippen molar-refractivity contribution < 1.29 is 14.3 Å². The van der Waals surface area contributed by atoms with E-state index < -0.39 is 5.97 Å². The number of hydrogen-bond acceptors (Lipinski definition) is 5. The van der Waals surface area contributed by atoms with Gasteiger partial charge in [-0.3, -0.25) is 4.79 Å². The lowest BCUT2D eigenvalue weighted by Gasteiger charge is -2.21. The number of nitrogens with zero attached hydrogens (tertiary/aromatic N) is 2. The molecule has 0 radical (unpaired) electrons. The van der Waals surface area contributed by atoms with Crippen LogP contribution in [0.5, 0.6) is 0 Å². The highest BCUT2D eigenvalue weighted by Gasteiger charge is 2.23. The minimum absolute atomic E-state index is 0.0131. The number of amides is 1. The molecule has 1 amide bonds. The smallest absolute Gasteiger partial charge is 0.367 e. The summed E-state index contributed by atoms with van der Waals surface area (Å²) in [6.45, 7) is 5.68. The Morgan fingerprint density at radius 2 is 2.03 bits per heavy atom. The molecule has 1 saturated carbocycles. The average Bonchev–Trinajstić information content (AvgIpc) is 3.48. The molecule has 6 nitrogen and oxygen atoms in total. The summed E-state index contributed by atoms with van der Waals surface area (Å²) in [6, 6.07) is 1.95. The first-order valence-electron chi connectivity index (χ1n) is 12.9. The molecule has 0 unspecified atom stereocenters. The molecule has 184 valence electrons. The molecule has 0 aromatic carbocycles. The van der Waals surface area contributed by atoms with Gasteiger partial charge in [0.15, 0.2) is 0 Å². The Balaban J connectivity index is 1.56. The van der Waals surface area contributed by atoms with Crippen molar-refractivity contribution in [3.05, 3.63) is 39.4 Å². The molecule has 0 saturated heterocycles. The van der Waals surface area contributed by atoms with E-state index in [9.17, 15) is 9.59 Å². The van der Waals surface area contributed by atoms with E-state index in [0.29, 0.717) is 23.1 Å². The fourth-order valence-electron chi connectivity index (χ4n) is 5.16. The van der Waals surface area contributed by atoms with Crippen LogP contribution in [0.4, 0.5) is 0 Å². The summed E-state index contributed by atoms with van der Waals surface area (Å²) in [5.74, 6) is 0.177. The van der Waals surface area contributed by atoms with Crippen LogP contribution in [0.1, 0.15) is 97.0 Å². The number of ether oxygens (including phenoxy) is 1. The van der Waals surface area contributed by atoms with Gasteiger partial charge < -0.3 is 14.6 Å². The van der Waals surface area contributed by atoms with Crippen molar-refractivity contribution in [1.29, 1.82) is 0 Å². The Morgan fingerprint density at radius 3 is 2.76 bits per heavy atom. The molecular formula is C27H37N3O3S. The molecule has 2 heterocycles. The predicted octanol–water partition coefficient (Wildman–Crippen LogP) is 6.30. The Labute approximate surface area is 206 Å². The van der Waals surface area contributed by atoms with Crippen LogP contribution in [-0.4, -0.2) is 34.6 Å². The number of thiazole rings is 1. The first kappa shape index (κ1) is 24.7. The molecule has 2 aromatic heterocycles. The maximum absolute atomic E-state index is 13.2. The molecular weight excluding hydrogens is 446 g/mol. The SMILES string of the molecule is CCOC(=O)c1nc(-c2cc(C(=O)NCC3CCCCC3)c(C)n2CCC2=CCCCC2)cs1. The summed E-state index contributed by atoms with van der Waals surface area (Å²) < 4.78 is 7.32. The Bertz CT molecular complexity index is 1030. The number of aromatic nitrogens is 2. The van der Waals surface area contributed by atoms with Crippen LogP contribution in [0.2, 0.25) is 0 Å². The van der Waals surface area contributed by atoms with E-state index in [1.807, 2.05) is 18.4 Å². The largest absolute Gasteiger partial charge is 0.461 e. The van der Waals surface area contributed by atoms with Gasteiger partial charge in [0, 0.05) is 24.2 Å². The van der Waals surface area contributed by atoms with E-state index in [2.05, 4.69) is 20.9 Å². The molecule has 0 bridgehead atoms. The van der Waals surface area contributed by atoms with Gasteiger partial charge in [-0.25, -0.2) is 9.78 Å². The molecule has 0 atom stereocenters. The third-order valence-corrected chi connectivity index (χ3v) is 7.97.